The first-order chi connectivity index (χ1) is 8.85. The number of nitriles is 1. The van der Waals surface area contributed by atoms with Gasteiger partial charge in [-0.25, -0.2) is 0 Å². The number of nitrogens with zero attached hydrogens (tertiary/aromatic N) is 2. The van der Waals surface area contributed by atoms with E-state index in [1.54, 1.807) is 11.9 Å². The van der Waals surface area contributed by atoms with Gasteiger partial charge in [0.15, 0.2) is 0 Å². The SMILES string of the molecule is CN(CC(=O)NC1(C#N)CCCCC1)C(C)(C)CO. The second-order valence-electron chi connectivity index (χ2n) is 6.13. The number of aliphatic hydroxyl groups excluding tert-OH is 1. The van der Waals surface area contributed by atoms with Gasteiger partial charge in [0, 0.05) is 5.54 Å². The van der Waals surface area contributed by atoms with Crippen molar-refractivity contribution in [2.75, 3.05) is 20.2 Å². The maximum absolute atomic E-state index is 12.1. The number of nitrogens with one attached hydrogen (secondary N) is 1. The summed E-state index contributed by atoms with van der Waals surface area (Å²) in [6.07, 6.45) is 4.60. The third-order valence-corrected chi connectivity index (χ3v) is 4.10. The fourth-order valence-electron chi connectivity index (χ4n) is 2.28. The Morgan fingerprint density at radius 2 is 2.00 bits per heavy atom. The van der Waals surface area contributed by atoms with E-state index in [0.717, 1.165) is 32.1 Å². The Hall–Kier alpha value is -1.12. The van der Waals surface area contributed by atoms with Crippen LogP contribution < -0.4 is 5.32 Å². The number of likely N-dealkylation sites (N-methyl/N-ethyl adjacent to an activating group) is 1. The van der Waals surface area contributed by atoms with Gasteiger partial charge in [-0.05, 0) is 33.7 Å². The number of hydrogen-bond donors (Lipinski definition) is 2. The lowest BCUT2D eigenvalue weighted by Gasteiger charge is -2.36. The number of hydrogen-bond acceptors (Lipinski definition) is 4. The second-order valence-corrected chi connectivity index (χ2v) is 6.13. The second kappa shape index (κ2) is 6.36. The first-order valence-corrected chi connectivity index (χ1v) is 6.90. The number of amides is 1. The van der Waals surface area contributed by atoms with Crippen molar-refractivity contribution in [2.45, 2.75) is 57.0 Å². The van der Waals surface area contributed by atoms with Gasteiger partial charge in [0.05, 0.1) is 19.2 Å². The highest BCUT2D eigenvalue weighted by Gasteiger charge is 2.34. The normalized spacial score (nSPS) is 18.9. The molecule has 5 nitrogen and oxygen atoms in total. The average molecular weight is 267 g/mol. The molecular weight excluding hydrogens is 242 g/mol. The summed E-state index contributed by atoms with van der Waals surface area (Å²) < 4.78 is 0. The minimum Gasteiger partial charge on any atom is -0.394 e. The van der Waals surface area contributed by atoms with Crippen molar-refractivity contribution in [3.63, 3.8) is 0 Å². The van der Waals surface area contributed by atoms with Gasteiger partial charge in [-0.2, -0.15) is 5.26 Å². The molecule has 0 radical (unpaired) electrons. The molecule has 5 heteroatoms. The van der Waals surface area contributed by atoms with Crippen LogP contribution in [0.1, 0.15) is 46.0 Å². The molecule has 0 aromatic heterocycles. The first kappa shape index (κ1) is 15.9. The molecule has 1 aliphatic carbocycles. The van der Waals surface area contributed by atoms with Crippen LogP contribution in [0, 0.1) is 11.3 Å². The van der Waals surface area contributed by atoms with Gasteiger partial charge in [0.1, 0.15) is 5.54 Å². The van der Waals surface area contributed by atoms with Crippen LogP contribution in [0.25, 0.3) is 0 Å². The van der Waals surface area contributed by atoms with Crippen molar-refractivity contribution in [2.24, 2.45) is 0 Å². The lowest BCUT2D eigenvalue weighted by molar-refractivity contribution is -0.125. The minimum absolute atomic E-state index is 0.0137. The van der Waals surface area contributed by atoms with E-state index in [0.29, 0.717) is 0 Å². The van der Waals surface area contributed by atoms with Crippen LogP contribution in [0.15, 0.2) is 0 Å². The Bertz CT molecular complexity index is 354. The molecule has 1 aliphatic rings. The molecule has 0 heterocycles. The lowest BCUT2D eigenvalue weighted by Crippen LogP contribution is -2.54. The number of carbonyl (C=O) groups excluding carboxylic acids is 1. The Morgan fingerprint density at radius 3 is 2.47 bits per heavy atom. The Morgan fingerprint density at radius 1 is 1.42 bits per heavy atom. The van der Waals surface area contributed by atoms with E-state index in [2.05, 4.69) is 11.4 Å². The standard InChI is InChI=1S/C14H25N3O2/c1-13(2,11-18)17(3)9-12(19)16-14(10-15)7-5-4-6-8-14/h18H,4-9,11H2,1-3H3,(H,16,19). The van der Waals surface area contributed by atoms with Gasteiger partial charge < -0.3 is 10.4 Å². The summed E-state index contributed by atoms with van der Waals surface area (Å²) in [4.78, 5) is 13.9. The zero-order chi connectivity index (χ0) is 14.5. The third-order valence-electron chi connectivity index (χ3n) is 4.10. The van der Waals surface area contributed by atoms with Crippen LogP contribution in [-0.2, 0) is 4.79 Å². The highest BCUT2D eigenvalue weighted by Crippen LogP contribution is 2.27. The molecule has 0 spiro atoms. The van der Waals surface area contributed by atoms with Crippen LogP contribution >= 0.6 is 0 Å². The Kier molecular flexibility index (Phi) is 5.33. The van der Waals surface area contributed by atoms with Gasteiger partial charge in [-0.1, -0.05) is 19.3 Å². The molecule has 1 saturated carbocycles. The predicted molar refractivity (Wildman–Crippen MR) is 73.4 cm³/mol. The molecule has 1 rings (SSSR count). The van der Waals surface area contributed by atoms with Gasteiger partial charge in [0.25, 0.3) is 0 Å². The van der Waals surface area contributed by atoms with Crippen LogP contribution in [0.5, 0.6) is 0 Å². The van der Waals surface area contributed by atoms with E-state index >= 15 is 0 Å². The fourth-order valence-corrected chi connectivity index (χ4v) is 2.28. The predicted octanol–water partition coefficient (Wildman–Crippen LogP) is 1.03. The molecule has 2 N–H and O–H groups in total. The van der Waals surface area contributed by atoms with E-state index in [4.69, 9.17) is 0 Å². The van der Waals surface area contributed by atoms with Crippen molar-refractivity contribution in [3.8, 4) is 6.07 Å². The number of aliphatic hydroxyl groups is 1. The number of carbonyl (C=O) groups is 1. The fraction of sp³-hybridized carbons (Fsp3) is 0.857. The molecule has 19 heavy (non-hydrogen) atoms. The van der Waals surface area contributed by atoms with Crippen molar-refractivity contribution in [1.29, 1.82) is 5.26 Å². The maximum Gasteiger partial charge on any atom is 0.235 e. The third kappa shape index (κ3) is 4.19. The molecule has 0 bridgehead atoms. The highest BCUT2D eigenvalue weighted by molar-refractivity contribution is 5.79. The molecule has 0 unspecified atom stereocenters. The Balaban J connectivity index is 2.57. The van der Waals surface area contributed by atoms with E-state index in [-0.39, 0.29) is 19.1 Å². The monoisotopic (exact) mass is 267 g/mol. The summed E-state index contributed by atoms with van der Waals surface area (Å²) in [6, 6.07) is 2.27. The summed E-state index contributed by atoms with van der Waals surface area (Å²) in [7, 11) is 1.80. The molecule has 0 aromatic rings. The molecule has 108 valence electrons. The van der Waals surface area contributed by atoms with E-state index in [1.165, 1.54) is 0 Å². The van der Waals surface area contributed by atoms with Crippen molar-refractivity contribution in [1.82, 2.24) is 10.2 Å². The van der Waals surface area contributed by atoms with E-state index in [9.17, 15) is 15.2 Å². The highest BCUT2D eigenvalue weighted by atomic mass is 16.3. The minimum atomic E-state index is -0.681. The number of rotatable bonds is 5. The maximum atomic E-state index is 12.1. The molecule has 0 saturated heterocycles. The zero-order valence-electron chi connectivity index (χ0n) is 12.2. The van der Waals surface area contributed by atoms with Gasteiger partial charge in [-0.3, -0.25) is 9.69 Å². The van der Waals surface area contributed by atoms with Crippen LogP contribution in [0.4, 0.5) is 0 Å². The summed E-state index contributed by atoms with van der Waals surface area (Å²) >= 11 is 0. The van der Waals surface area contributed by atoms with E-state index < -0.39 is 11.1 Å². The van der Waals surface area contributed by atoms with E-state index in [1.807, 2.05) is 13.8 Å². The van der Waals surface area contributed by atoms with Crippen LogP contribution in [-0.4, -0.2) is 47.2 Å². The molecule has 1 fully saturated rings. The van der Waals surface area contributed by atoms with Gasteiger partial charge in [0.2, 0.25) is 5.91 Å². The average Bonchev–Trinajstić information content (AvgIpc) is 2.39. The molecule has 0 aromatic carbocycles. The molecule has 0 aliphatic heterocycles. The first-order valence-electron chi connectivity index (χ1n) is 6.90. The van der Waals surface area contributed by atoms with Crippen molar-refractivity contribution in [3.05, 3.63) is 0 Å². The molecular formula is C14H25N3O2. The van der Waals surface area contributed by atoms with Gasteiger partial charge in [-0.15, -0.1) is 0 Å². The van der Waals surface area contributed by atoms with Crippen molar-refractivity contribution < 1.29 is 9.90 Å². The molecule has 0 atom stereocenters. The van der Waals surface area contributed by atoms with Crippen molar-refractivity contribution >= 4 is 5.91 Å². The lowest BCUT2D eigenvalue weighted by atomic mass is 9.83. The Labute approximate surface area is 115 Å². The van der Waals surface area contributed by atoms with Crippen LogP contribution in [0.3, 0.4) is 0 Å². The van der Waals surface area contributed by atoms with Crippen LogP contribution in [0.2, 0.25) is 0 Å². The van der Waals surface area contributed by atoms with Gasteiger partial charge >= 0.3 is 0 Å². The summed E-state index contributed by atoms with van der Waals surface area (Å²) in [6.45, 7) is 3.93. The molecule has 1 amide bonds. The topological polar surface area (TPSA) is 76.4 Å². The summed E-state index contributed by atoms with van der Waals surface area (Å²) in [5, 5.41) is 21.5. The zero-order valence-corrected chi connectivity index (χ0v) is 12.2. The quantitative estimate of drug-likeness (QED) is 0.780. The summed E-state index contributed by atoms with van der Waals surface area (Å²) in [5.41, 5.74) is -1.12. The smallest absolute Gasteiger partial charge is 0.235 e. The summed E-state index contributed by atoms with van der Waals surface area (Å²) in [5.74, 6) is -0.146. The largest absolute Gasteiger partial charge is 0.394 e.